The van der Waals surface area contributed by atoms with Crippen LogP contribution in [0.4, 0.5) is 0 Å². The van der Waals surface area contributed by atoms with Crippen LogP contribution >= 0.6 is 11.6 Å². The summed E-state index contributed by atoms with van der Waals surface area (Å²) in [5, 5.41) is 0.493. The molecule has 30 heavy (non-hydrogen) atoms. The van der Waals surface area contributed by atoms with Gasteiger partial charge in [-0.1, -0.05) is 17.7 Å². The zero-order chi connectivity index (χ0) is 21.9. The van der Waals surface area contributed by atoms with Gasteiger partial charge in [0.2, 0.25) is 5.75 Å². The van der Waals surface area contributed by atoms with Crippen molar-refractivity contribution in [2.24, 2.45) is 0 Å². The van der Waals surface area contributed by atoms with Crippen molar-refractivity contribution in [1.29, 1.82) is 0 Å². The fourth-order valence-electron chi connectivity index (χ4n) is 2.46. The lowest BCUT2D eigenvalue weighted by Gasteiger charge is -2.17. The lowest BCUT2D eigenvalue weighted by atomic mass is 10.1. The molecule has 0 saturated carbocycles. The second kappa shape index (κ2) is 11.8. The van der Waals surface area contributed by atoms with Crippen LogP contribution in [0.15, 0.2) is 36.4 Å². The lowest BCUT2D eigenvalue weighted by molar-refractivity contribution is -0.123. The summed E-state index contributed by atoms with van der Waals surface area (Å²) >= 11 is 5.86. The van der Waals surface area contributed by atoms with E-state index in [1.54, 1.807) is 24.3 Å². The molecule has 2 rings (SSSR count). The largest absolute Gasteiger partial charge is 0.490 e. The number of halogens is 1. The fourth-order valence-corrected chi connectivity index (χ4v) is 2.64. The first kappa shape index (κ1) is 23.2. The number of rotatable bonds is 10. The van der Waals surface area contributed by atoms with Gasteiger partial charge in [-0.25, -0.2) is 0 Å². The van der Waals surface area contributed by atoms with Crippen LogP contribution in [0.2, 0.25) is 5.02 Å². The van der Waals surface area contributed by atoms with Crippen LogP contribution in [-0.2, 0) is 4.79 Å². The second-order valence-corrected chi connectivity index (χ2v) is 6.29. The SMILES string of the molecule is CCOc1cc(C(=O)NNC(=O)COc2cccc(Cl)c2)cc(OCC)c1OCC. The summed E-state index contributed by atoms with van der Waals surface area (Å²) in [5.41, 5.74) is 4.88. The van der Waals surface area contributed by atoms with Gasteiger partial charge in [-0.2, -0.15) is 0 Å². The molecule has 0 aromatic heterocycles. The third-order valence-electron chi connectivity index (χ3n) is 3.65. The minimum Gasteiger partial charge on any atom is -0.490 e. The zero-order valence-electron chi connectivity index (χ0n) is 17.1. The van der Waals surface area contributed by atoms with E-state index in [2.05, 4.69) is 10.9 Å². The first-order valence-electron chi connectivity index (χ1n) is 9.52. The molecule has 0 radical (unpaired) electrons. The third kappa shape index (κ3) is 6.73. The number of hydrogen-bond acceptors (Lipinski definition) is 6. The molecular formula is C21H25ClN2O6. The van der Waals surface area contributed by atoms with Crippen LogP contribution in [0.25, 0.3) is 0 Å². The summed E-state index contributed by atoms with van der Waals surface area (Å²) in [5.74, 6) is 0.549. The molecule has 2 aromatic carbocycles. The molecule has 0 fully saturated rings. The number of carbonyl (C=O) groups is 2. The Morgan fingerprint density at radius 1 is 0.867 bits per heavy atom. The molecule has 0 heterocycles. The van der Waals surface area contributed by atoms with Gasteiger partial charge in [0.05, 0.1) is 19.8 Å². The Bertz CT molecular complexity index is 847. The Morgan fingerprint density at radius 2 is 1.50 bits per heavy atom. The number of carbonyl (C=O) groups excluding carboxylic acids is 2. The van der Waals surface area contributed by atoms with Crippen molar-refractivity contribution in [2.75, 3.05) is 26.4 Å². The van der Waals surface area contributed by atoms with Crippen LogP contribution in [0, 0.1) is 0 Å². The minimum absolute atomic E-state index is 0.237. The van der Waals surface area contributed by atoms with E-state index in [0.29, 0.717) is 47.8 Å². The molecule has 2 N–H and O–H groups in total. The zero-order valence-corrected chi connectivity index (χ0v) is 17.9. The molecule has 9 heteroatoms. The van der Waals surface area contributed by atoms with Crippen molar-refractivity contribution >= 4 is 23.4 Å². The molecule has 0 unspecified atom stereocenters. The van der Waals surface area contributed by atoms with E-state index in [0.717, 1.165) is 0 Å². The van der Waals surface area contributed by atoms with Gasteiger partial charge in [0.25, 0.3) is 11.8 Å². The Hall–Kier alpha value is -3.13. The van der Waals surface area contributed by atoms with E-state index < -0.39 is 11.8 Å². The first-order valence-corrected chi connectivity index (χ1v) is 9.90. The van der Waals surface area contributed by atoms with Crippen molar-refractivity contribution in [1.82, 2.24) is 10.9 Å². The van der Waals surface area contributed by atoms with Crippen LogP contribution in [-0.4, -0.2) is 38.2 Å². The quantitative estimate of drug-likeness (QED) is 0.554. The summed E-state index contributed by atoms with van der Waals surface area (Å²) in [7, 11) is 0. The maximum Gasteiger partial charge on any atom is 0.276 e. The molecule has 162 valence electrons. The van der Waals surface area contributed by atoms with E-state index in [1.165, 1.54) is 12.1 Å². The van der Waals surface area contributed by atoms with Crippen molar-refractivity contribution in [3.8, 4) is 23.0 Å². The fraction of sp³-hybridized carbons (Fsp3) is 0.333. The Balaban J connectivity index is 2.03. The molecule has 0 bridgehead atoms. The van der Waals surface area contributed by atoms with Gasteiger partial charge in [0, 0.05) is 10.6 Å². The van der Waals surface area contributed by atoms with Gasteiger partial charge >= 0.3 is 0 Å². The maximum atomic E-state index is 12.5. The Kier molecular flexibility index (Phi) is 9.08. The molecule has 0 aliphatic heterocycles. The molecule has 0 aliphatic rings. The average molecular weight is 437 g/mol. The predicted octanol–water partition coefficient (Wildman–Crippen LogP) is 3.38. The number of ether oxygens (including phenoxy) is 4. The molecule has 2 amide bonds. The van der Waals surface area contributed by atoms with Crippen molar-refractivity contribution in [3.63, 3.8) is 0 Å². The average Bonchev–Trinajstić information content (AvgIpc) is 2.73. The molecule has 2 aromatic rings. The summed E-state index contributed by atoms with van der Waals surface area (Å²) in [6, 6.07) is 9.70. The van der Waals surface area contributed by atoms with E-state index >= 15 is 0 Å². The molecule has 0 aliphatic carbocycles. The predicted molar refractivity (Wildman–Crippen MR) is 113 cm³/mol. The summed E-state index contributed by atoms with van der Waals surface area (Å²) in [6.07, 6.45) is 0. The molecule has 0 saturated heterocycles. The third-order valence-corrected chi connectivity index (χ3v) is 3.89. The van der Waals surface area contributed by atoms with E-state index in [-0.39, 0.29) is 12.2 Å². The summed E-state index contributed by atoms with van der Waals surface area (Å²) < 4.78 is 22.1. The summed E-state index contributed by atoms with van der Waals surface area (Å²) in [6.45, 7) is 6.37. The number of amides is 2. The second-order valence-electron chi connectivity index (χ2n) is 5.85. The molecule has 0 atom stereocenters. The standard InChI is InChI=1S/C21H25ClN2O6/c1-4-27-17-10-14(11-18(28-5-2)20(17)29-6-3)21(26)24-23-19(25)13-30-16-9-7-8-15(22)12-16/h7-12H,4-6,13H2,1-3H3,(H,23,25)(H,24,26). The van der Waals surface area contributed by atoms with Gasteiger partial charge in [0.1, 0.15) is 5.75 Å². The monoisotopic (exact) mass is 436 g/mol. The van der Waals surface area contributed by atoms with Crippen LogP contribution in [0.1, 0.15) is 31.1 Å². The first-order chi connectivity index (χ1) is 14.5. The Labute approximate surface area is 180 Å². The minimum atomic E-state index is -0.545. The van der Waals surface area contributed by atoms with Crippen molar-refractivity contribution in [2.45, 2.75) is 20.8 Å². The van der Waals surface area contributed by atoms with Gasteiger partial charge in [-0.3, -0.25) is 20.4 Å². The normalized spacial score (nSPS) is 10.1. The van der Waals surface area contributed by atoms with E-state index in [4.69, 9.17) is 30.5 Å². The number of hydrazine groups is 1. The highest BCUT2D eigenvalue weighted by Crippen LogP contribution is 2.39. The van der Waals surface area contributed by atoms with Gasteiger partial charge in [-0.15, -0.1) is 0 Å². The van der Waals surface area contributed by atoms with Gasteiger partial charge < -0.3 is 18.9 Å². The van der Waals surface area contributed by atoms with Crippen molar-refractivity contribution in [3.05, 3.63) is 47.0 Å². The van der Waals surface area contributed by atoms with Crippen LogP contribution in [0.5, 0.6) is 23.0 Å². The highest BCUT2D eigenvalue weighted by Gasteiger charge is 2.18. The number of hydrogen-bond donors (Lipinski definition) is 2. The lowest BCUT2D eigenvalue weighted by Crippen LogP contribution is -2.43. The van der Waals surface area contributed by atoms with E-state index in [1.807, 2.05) is 20.8 Å². The molecular weight excluding hydrogens is 412 g/mol. The maximum absolute atomic E-state index is 12.5. The van der Waals surface area contributed by atoms with Gasteiger partial charge in [0.15, 0.2) is 18.1 Å². The smallest absolute Gasteiger partial charge is 0.276 e. The Morgan fingerprint density at radius 3 is 2.07 bits per heavy atom. The highest BCUT2D eigenvalue weighted by atomic mass is 35.5. The summed E-state index contributed by atoms with van der Waals surface area (Å²) in [4.78, 5) is 24.5. The van der Waals surface area contributed by atoms with Crippen molar-refractivity contribution < 1.29 is 28.5 Å². The van der Waals surface area contributed by atoms with E-state index in [9.17, 15) is 9.59 Å². The van der Waals surface area contributed by atoms with Crippen LogP contribution in [0.3, 0.4) is 0 Å². The van der Waals surface area contributed by atoms with Gasteiger partial charge in [-0.05, 0) is 51.1 Å². The van der Waals surface area contributed by atoms with Crippen LogP contribution < -0.4 is 29.8 Å². The molecule has 8 nitrogen and oxygen atoms in total. The molecule has 0 spiro atoms. The topological polar surface area (TPSA) is 95.1 Å². The number of nitrogens with one attached hydrogen (secondary N) is 2. The highest BCUT2D eigenvalue weighted by molar-refractivity contribution is 6.30. The number of benzene rings is 2.